The van der Waals surface area contributed by atoms with Gasteiger partial charge in [0.1, 0.15) is 5.75 Å². The summed E-state index contributed by atoms with van der Waals surface area (Å²) >= 11 is 0. The van der Waals surface area contributed by atoms with Crippen LogP contribution in [0.25, 0.3) is 0 Å². The van der Waals surface area contributed by atoms with E-state index in [1.165, 1.54) is 5.56 Å². The Bertz CT molecular complexity index is 294. The lowest BCUT2D eigenvalue weighted by molar-refractivity contribution is 0.556. The predicted octanol–water partition coefficient (Wildman–Crippen LogP) is 2.40. The first kappa shape index (κ1) is 11.3. The van der Waals surface area contributed by atoms with Crippen LogP contribution in [0, 0.1) is 0 Å². The van der Waals surface area contributed by atoms with Crippen molar-refractivity contribution in [2.75, 3.05) is 6.54 Å². The first-order valence-corrected chi connectivity index (χ1v) is 8.40. The van der Waals surface area contributed by atoms with Crippen LogP contribution in [0.3, 0.4) is 0 Å². The van der Waals surface area contributed by atoms with Crippen molar-refractivity contribution in [1.29, 1.82) is 0 Å². The number of rotatable bonds is 4. The highest BCUT2D eigenvalue weighted by molar-refractivity contribution is 6.70. The van der Waals surface area contributed by atoms with Gasteiger partial charge in [-0.1, -0.05) is 12.1 Å². The van der Waals surface area contributed by atoms with E-state index in [2.05, 4.69) is 31.8 Å². The molecule has 0 aliphatic carbocycles. The summed E-state index contributed by atoms with van der Waals surface area (Å²) in [6.07, 6.45) is 0.920. The molecule has 1 rings (SSSR count). The Labute approximate surface area is 87.2 Å². The minimum atomic E-state index is -1.48. The van der Waals surface area contributed by atoms with Gasteiger partial charge in [0.05, 0.1) is 0 Å². The van der Waals surface area contributed by atoms with Gasteiger partial charge < -0.3 is 10.2 Å². The molecule has 1 aromatic rings. The van der Waals surface area contributed by atoms with Crippen molar-refractivity contribution in [1.82, 2.24) is 0 Å². The van der Waals surface area contributed by atoms with E-state index >= 15 is 0 Å². The van der Waals surface area contributed by atoms with Gasteiger partial charge in [0.25, 0.3) is 0 Å². The molecule has 0 atom stereocenters. The molecule has 14 heavy (non-hydrogen) atoms. The van der Waals surface area contributed by atoms with Gasteiger partial charge in [-0.05, 0) is 50.3 Å². The third-order valence-electron chi connectivity index (χ3n) is 1.76. The normalized spacial score (nSPS) is 11.4. The molecule has 2 N–H and O–H groups in total. The maximum atomic E-state index is 5.89. The third-order valence-corrected chi connectivity index (χ3v) is 2.60. The largest absolute Gasteiger partial charge is 0.544 e. The second-order valence-corrected chi connectivity index (χ2v) is 8.83. The first-order valence-electron chi connectivity index (χ1n) is 4.99. The third kappa shape index (κ3) is 3.94. The van der Waals surface area contributed by atoms with Crippen LogP contribution >= 0.6 is 0 Å². The molecular weight excluding hydrogens is 190 g/mol. The van der Waals surface area contributed by atoms with Gasteiger partial charge in [-0.15, -0.1) is 0 Å². The van der Waals surface area contributed by atoms with E-state index in [0.717, 1.165) is 12.2 Å². The highest BCUT2D eigenvalue weighted by Gasteiger charge is 2.15. The Morgan fingerprint density at radius 2 is 2.00 bits per heavy atom. The molecule has 0 bridgehead atoms. The highest BCUT2D eigenvalue weighted by Crippen LogP contribution is 2.17. The van der Waals surface area contributed by atoms with Crippen LogP contribution in [0.5, 0.6) is 5.75 Å². The number of hydrogen-bond donors (Lipinski definition) is 1. The smallest absolute Gasteiger partial charge is 0.242 e. The molecule has 0 heterocycles. The fraction of sp³-hybridized carbons (Fsp3) is 0.455. The zero-order valence-corrected chi connectivity index (χ0v) is 10.2. The molecule has 0 aliphatic heterocycles. The Morgan fingerprint density at radius 1 is 1.29 bits per heavy atom. The first-order chi connectivity index (χ1) is 6.51. The van der Waals surface area contributed by atoms with Crippen LogP contribution in [0.2, 0.25) is 19.6 Å². The van der Waals surface area contributed by atoms with E-state index in [-0.39, 0.29) is 0 Å². The van der Waals surface area contributed by atoms with E-state index in [4.69, 9.17) is 10.2 Å². The predicted molar refractivity (Wildman–Crippen MR) is 63.2 cm³/mol. The molecule has 0 spiro atoms. The molecule has 0 saturated carbocycles. The topological polar surface area (TPSA) is 35.2 Å². The summed E-state index contributed by atoms with van der Waals surface area (Å²) in [7, 11) is -1.48. The molecule has 3 heteroatoms. The molecule has 0 aliphatic rings. The maximum absolute atomic E-state index is 5.89. The van der Waals surface area contributed by atoms with Crippen LogP contribution in [-0.4, -0.2) is 14.9 Å². The van der Waals surface area contributed by atoms with E-state index in [9.17, 15) is 0 Å². The van der Waals surface area contributed by atoms with Gasteiger partial charge in [0.2, 0.25) is 8.32 Å². The minimum absolute atomic E-state index is 0.691. The maximum Gasteiger partial charge on any atom is 0.242 e. The Balaban J connectivity index is 2.73. The van der Waals surface area contributed by atoms with E-state index in [1.807, 2.05) is 12.1 Å². The summed E-state index contributed by atoms with van der Waals surface area (Å²) in [4.78, 5) is 0. The van der Waals surface area contributed by atoms with Crippen LogP contribution in [-0.2, 0) is 6.42 Å². The van der Waals surface area contributed by atoms with Crippen molar-refractivity contribution in [3.8, 4) is 5.75 Å². The van der Waals surface area contributed by atoms with Gasteiger partial charge in [-0.3, -0.25) is 0 Å². The SMILES string of the molecule is C[Si](C)(C)Oc1cccc(CCN)c1. The van der Waals surface area contributed by atoms with Gasteiger partial charge in [-0.25, -0.2) is 0 Å². The fourth-order valence-corrected chi connectivity index (χ4v) is 2.12. The molecule has 0 fully saturated rings. The van der Waals surface area contributed by atoms with E-state index in [0.29, 0.717) is 6.54 Å². The lowest BCUT2D eigenvalue weighted by Crippen LogP contribution is -2.29. The molecule has 0 unspecified atom stereocenters. The fourth-order valence-electron chi connectivity index (χ4n) is 1.28. The number of benzene rings is 1. The lowest BCUT2D eigenvalue weighted by Gasteiger charge is -2.19. The summed E-state index contributed by atoms with van der Waals surface area (Å²) in [5.74, 6) is 0.982. The van der Waals surface area contributed by atoms with E-state index < -0.39 is 8.32 Å². The van der Waals surface area contributed by atoms with Gasteiger partial charge in [0.15, 0.2) is 0 Å². The standard InChI is InChI=1S/C11H19NOSi/c1-14(2,3)13-11-6-4-5-10(9-11)7-8-12/h4-6,9H,7-8,12H2,1-3H3. The Morgan fingerprint density at radius 3 is 2.57 bits per heavy atom. The Kier molecular flexibility index (Phi) is 3.72. The second kappa shape index (κ2) is 4.62. The average molecular weight is 209 g/mol. The van der Waals surface area contributed by atoms with Crippen molar-refractivity contribution in [3.63, 3.8) is 0 Å². The van der Waals surface area contributed by atoms with Crippen molar-refractivity contribution >= 4 is 8.32 Å². The minimum Gasteiger partial charge on any atom is -0.544 e. The van der Waals surface area contributed by atoms with Crippen molar-refractivity contribution in [2.45, 2.75) is 26.1 Å². The number of hydrogen-bond acceptors (Lipinski definition) is 2. The van der Waals surface area contributed by atoms with Crippen molar-refractivity contribution < 1.29 is 4.43 Å². The Hall–Kier alpha value is -0.803. The lowest BCUT2D eigenvalue weighted by atomic mass is 10.1. The molecule has 78 valence electrons. The van der Waals surface area contributed by atoms with Crippen LogP contribution in [0.4, 0.5) is 0 Å². The molecule has 2 nitrogen and oxygen atoms in total. The van der Waals surface area contributed by atoms with E-state index in [1.54, 1.807) is 0 Å². The number of nitrogens with two attached hydrogens (primary N) is 1. The highest BCUT2D eigenvalue weighted by atomic mass is 28.4. The zero-order valence-electron chi connectivity index (χ0n) is 9.21. The molecule has 0 aromatic heterocycles. The summed E-state index contributed by atoms with van der Waals surface area (Å²) < 4.78 is 5.89. The summed E-state index contributed by atoms with van der Waals surface area (Å²) in [6, 6.07) is 8.22. The van der Waals surface area contributed by atoms with Crippen molar-refractivity contribution in [3.05, 3.63) is 29.8 Å². The zero-order chi connectivity index (χ0) is 10.6. The summed E-state index contributed by atoms with van der Waals surface area (Å²) in [5, 5.41) is 0. The van der Waals surface area contributed by atoms with Crippen LogP contribution in [0.1, 0.15) is 5.56 Å². The summed E-state index contributed by atoms with van der Waals surface area (Å²) in [6.45, 7) is 7.24. The molecular formula is C11H19NOSi. The molecule has 1 aromatic carbocycles. The molecule has 0 saturated heterocycles. The monoisotopic (exact) mass is 209 g/mol. The summed E-state index contributed by atoms with van der Waals surface area (Å²) in [5.41, 5.74) is 6.76. The second-order valence-electron chi connectivity index (χ2n) is 4.40. The molecule has 0 amide bonds. The average Bonchev–Trinajstić information content (AvgIpc) is 2.02. The van der Waals surface area contributed by atoms with Crippen molar-refractivity contribution in [2.24, 2.45) is 5.73 Å². The van der Waals surface area contributed by atoms with Crippen LogP contribution in [0.15, 0.2) is 24.3 Å². The quantitative estimate of drug-likeness (QED) is 0.773. The van der Waals surface area contributed by atoms with Gasteiger partial charge >= 0.3 is 0 Å². The van der Waals surface area contributed by atoms with Crippen LogP contribution < -0.4 is 10.2 Å². The van der Waals surface area contributed by atoms with Gasteiger partial charge in [-0.2, -0.15) is 0 Å². The van der Waals surface area contributed by atoms with Gasteiger partial charge in [0, 0.05) is 0 Å². The molecule has 0 radical (unpaired) electrons.